The van der Waals surface area contributed by atoms with E-state index in [4.69, 9.17) is 18.9 Å². The number of piperidine rings is 1. The Morgan fingerprint density at radius 1 is 1.02 bits per heavy atom. The van der Waals surface area contributed by atoms with Gasteiger partial charge in [0.05, 0.1) is 24.7 Å². The molecular formula is C37H47NO11. The number of hydrogen-bond donors (Lipinski definition) is 5. The zero-order valence-corrected chi connectivity index (χ0v) is 27.9. The minimum atomic E-state index is -1.63. The Morgan fingerprint density at radius 3 is 2.61 bits per heavy atom. The van der Waals surface area contributed by atoms with E-state index in [1.54, 1.807) is 0 Å². The second-order valence-corrected chi connectivity index (χ2v) is 17.8. The van der Waals surface area contributed by atoms with Crippen LogP contribution in [0.25, 0.3) is 0 Å². The molecule has 0 aromatic rings. The average Bonchev–Trinajstić information content (AvgIpc) is 3.89. The zero-order chi connectivity index (χ0) is 33.7. The van der Waals surface area contributed by atoms with Crippen LogP contribution >= 0.6 is 0 Å². The van der Waals surface area contributed by atoms with Gasteiger partial charge in [0.1, 0.15) is 41.7 Å². The van der Waals surface area contributed by atoms with Gasteiger partial charge in [-0.2, -0.15) is 0 Å². The van der Waals surface area contributed by atoms with E-state index in [0.717, 1.165) is 51.6 Å². The Labute approximate surface area is 284 Å². The standard InChI is InChI=1S/C37H47NO11/c1-14-10-38-11-16-3-5-35-9-19(17-4-6-36(28(17)35)29(44)18(14)8-22(38)34(16,36)2)30-37(35)24-20(47-33(37)45)7-15(12-39)23(24)31(48-30)49-32-27(43)26(42)25(41)21(13-40)46-32/h7,14,16,18-27,30-32,39-43H,3-6,8-13H2,1-2H3/t14-,16-,18-,19+,20+,21-,22-,23-,24?,25-,26+,27-,30-,31+,32+,34-,35-,36+,37-/m1/s1. The van der Waals surface area contributed by atoms with Crippen molar-refractivity contribution in [3.63, 3.8) is 0 Å². The molecule has 3 spiro atoms. The Hall–Kier alpha value is -1.74. The van der Waals surface area contributed by atoms with Crippen molar-refractivity contribution in [1.82, 2.24) is 4.90 Å². The molecule has 5 heterocycles. The SMILES string of the molecule is C[C@@H]1CN2C[C@H]3CC[C@@]45C[C@@H](C6=C4[C@@]4(CC6)C(=O)[C@@H]1C[C@@H]2[C@@]34C)[C@H]1O[C@@H](O[C@@H]2O[C@H](CO)[C@@H](O)[C@H](O)[C@H]2O)[C@@H]2C(CO)=C[C@@H]3OC(=O)[C@@]15C32. The summed E-state index contributed by atoms with van der Waals surface area (Å²) in [6.07, 6.45) is -2.85. The Balaban J connectivity index is 1.07. The summed E-state index contributed by atoms with van der Waals surface area (Å²) in [5.74, 6) is -0.345. The number of hydrogen-bond acceptors (Lipinski definition) is 12. The van der Waals surface area contributed by atoms with Crippen molar-refractivity contribution in [2.45, 2.75) is 108 Å². The monoisotopic (exact) mass is 681 g/mol. The maximum atomic E-state index is 15.3. The second-order valence-electron chi connectivity index (χ2n) is 17.8. The number of esters is 1. The first-order chi connectivity index (χ1) is 23.5. The third kappa shape index (κ3) is 3.02. The average molecular weight is 682 g/mol. The first kappa shape index (κ1) is 30.8. The van der Waals surface area contributed by atoms with Crippen LogP contribution < -0.4 is 0 Å². The van der Waals surface area contributed by atoms with Crippen LogP contribution in [0, 0.1) is 57.2 Å². The van der Waals surface area contributed by atoms with Crippen LogP contribution in [0.2, 0.25) is 0 Å². The Morgan fingerprint density at radius 2 is 1.84 bits per heavy atom. The molecule has 6 aliphatic carbocycles. The lowest BCUT2D eigenvalue weighted by Gasteiger charge is -2.62. The molecule has 19 atom stereocenters. The molecule has 5 aliphatic heterocycles. The molecule has 5 saturated heterocycles. The minimum absolute atomic E-state index is 0.0200. The van der Waals surface area contributed by atoms with Crippen molar-refractivity contribution in [3.05, 3.63) is 22.8 Å². The van der Waals surface area contributed by atoms with Gasteiger partial charge in [-0.05, 0) is 67.6 Å². The molecule has 12 nitrogen and oxygen atoms in total. The summed E-state index contributed by atoms with van der Waals surface area (Å²) < 4.78 is 25.5. The van der Waals surface area contributed by atoms with Crippen molar-refractivity contribution in [3.8, 4) is 0 Å². The molecule has 3 saturated carbocycles. The van der Waals surface area contributed by atoms with Crippen LogP contribution in [0.4, 0.5) is 0 Å². The molecule has 0 amide bonds. The van der Waals surface area contributed by atoms with Crippen LogP contribution in [-0.2, 0) is 28.5 Å². The molecule has 1 unspecified atom stereocenters. The van der Waals surface area contributed by atoms with Crippen LogP contribution in [0.5, 0.6) is 0 Å². The number of allylic oxidation sites excluding steroid dienone is 1. The van der Waals surface area contributed by atoms with E-state index in [1.807, 2.05) is 6.08 Å². The predicted molar refractivity (Wildman–Crippen MR) is 166 cm³/mol. The highest BCUT2D eigenvalue weighted by Gasteiger charge is 2.88. The fraction of sp³-hybridized carbons (Fsp3) is 0.838. The number of ketones is 1. The van der Waals surface area contributed by atoms with E-state index in [-0.39, 0.29) is 29.8 Å². The van der Waals surface area contributed by atoms with Gasteiger partial charge >= 0.3 is 5.97 Å². The normalized spacial score (nSPS) is 60.3. The minimum Gasteiger partial charge on any atom is -0.457 e. The summed E-state index contributed by atoms with van der Waals surface area (Å²) in [5.41, 5.74) is 0.692. The van der Waals surface area contributed by atoms with Gasteiger partial charge in [0.15, 0.2) is 12.6 Å². The number of fused-ring (bicyclic) bond motifs is 4. The highest BCUT2D eigenvalue weighted by molar-refractivity contribution is 5.96. The lowest BCUT2D eigenvalue weighted by atomic mass is 9.41. The number of Topliss-reactive ketones (excluding diaryl/α,β-unsaturated/α-hetero) is 1. The number of carbonyl (C=O) groups is 2. The van der Waals surface area contributed by atoms with Gasteiger partial charge in [-0.25, -0.2) is 0 Å². The van der Waals surface area contributed by atoms with Crippen molar-refractivity contribution in [2.75, 3.05) is 26.3 Å². The predicted octanol–water partition coefficient (Wildman–Crippen LogP) is 0.0402. The van der Waals surface area contributed by atoms with Crippen LogP contribution in [0.15, 0.2) is 22.8 Å². The van der Waals surface area contributed by atoms with E-state index >= 15 is 4.79 Å². The topological polar surface area (TPSA) is 175 Å². The van der Waals surface area contributed by atoms with Gasteiger partial charge in [-0.1, -0.05) is 19.4 Å². The first-order valence-corrected chi connectivity index (χ1v) is 18.7. The smallest absolute Gasteiger partial charge is 0.316 e. The lowest BCUT2D eigenvalue weighted by Crippen LogP contribution is -2.68. The fourth-order valence-electron chi connectivity index (χ4n) is 15.3. The maximum Gasteiger partial charge on any atom is 0.316 e. The molecule has 0 aromatic heterocycles. The third-order valence-corrected chi connectivity index (χ3v) is 16.9. The van der Waals surface area contributed by atoms with Gasteiger partial charge in [0, 0.05) is 53.6 Å². The summed E-state index contributed by atoms with van der Waals surface area (Å²) >= 11 is 0. The van der Waals surface area contributed by atoms with E-state index in [1.165, 1.54) is 11.1 Å². The number of ether oxygens (including phenoxy) is 4. The molecule has 4 bridgehead atoms. The van der Waals surface area contributed by atoms with Crippen molar-refractivity contribution in [2.24, 2.45) is 57.2 Å². The number of carbonyl (C=O) groups excluding carboxylic acids is 2. The zero-order valence-electron chi connectivity index (χ0n) is 27.9. The Kier molecular flexibility index (Phi) is 5.93. The molecule has 11 rings (SSSR count). The Bertz CT molecular complexity index is 1630. The van der Waals surface area contributed by atoms with Gasteiger partial charge in [0.2, 0.25) is 0 Å². The highest BCUT2D eigenvalue weighted by atomic mass is 16.8. The maximum absolute atomic E-state index is 15.3. The summed E-state index contributed by atoms with van der Waals surface area (Å²) in [6, 6.07) is 0.356. The summed E-state index contributed by atoms with van der Waals surface area (Å²) in [4.78, 5) is 32.9. The van der Waals surface area contributed by atoms with Crippen LogP contribution in [0.1, 0.15) is 52.4 Å². The number of aliphatic hydroxyl groups is 5. The molecule has 12 heteroatoms. The lowest BCUT2D eigenvalue weighted by molar-refractivity contribution is -0.366. The highest BCUT2D eigenvalue weighted by Crippen LogP contribution is 2.86. The van der Waals surface area contributed by atoms with Crippen molar-refractivity contribution >= 4 is 11.8 Å². The molecule has 0 radical (unpaired) electrons. The number of aliphatic hydroxyl groups excluding tert-OH is 5. The quantitative estimate of drug-likeness (QED) is 0.199. The summed E-state index contributed by atoms with van der Waals surface area (Å²) in [6.45, 7) is 5.74. The molecule has 5 N–H and O–H groups in total. The molecule has 49 heavy (non-hydrogen) atoms. The molecule has 0 aromatic carbocycles. The van der Waals surface area contributed by atoms with Gasteiger partial charge in [-0.3, -0.25) is 14.5 Å². The number of rotatable bonds is 4. The van der Waals surface area contributed by atoms with E-state index < -0.39 is 83.9 Å². The fourth-order valence-corrected chi connectivity index (χ4v) is 15.3. The molecular weight excluding hydrogens is 634 g/mol. The molecule has 11 aliphatic rings. The molecule has 266 valence electrons. The van der Waals surface area contributed by atoms with Gasteiger partial charge < -0.3 is 44.5 Å². The largest absolute Gasteiger partial charge is 0.457 e. The second kappa shape index (κ2) is 9.43. The van der Waals surface area contributed by atoms with Gasteiger partial charge in [-0.15, -0.1) is 0 Å². The van der Waals surface area contributed by atoms with Gasteiger partial charge in [0.25, 0.3) is 0 Å². The first-order valence-electron chi connectivity index (χ1n) is 18.7. The summed E-state index contributed by atoms with van der Waals surface area (Å²) in [7, 11) is 0. The van der Waals surface area contributed by atoms with E-state index in [9.17, 15) is 30.3 Å². The van der Waals surface area contributed by atoms with E-state index in [2.05, 4.69) is 18.7 Å². The van der Waals surface area contributed by atoms with Crippen LogP contribution in [0.3, 0.4) is 0 Å². The van der Waals surface area contributed by atoms with E-state index in [0.29, 0.717) is 29.2 Å². The molecule has 8 fully saturated rings. The van der Waals surface area contributed by atoms with Crippen LogP contribution in [-0.4, -0.2) is 124 Å². The third-order valence-electron chi connectivity index (χ3n) is 16.9. The van der Waals surface area contributed by atoms with Crippen molar-refractivity contribution < 1.29 is 54.1 Å². The number of nitrogens with zero attached hydrogens (tertiary/aromatic N) is 1. The van der Waals surface area contributed by atoms with Crippen molar-refractivity contribution in [1.29, 1.82) is 0 Å². The summed E-state index contributed by atoms with van der Waals surface area (Å²) in [5, 5.41) is 52.4.